The molecule has 0 saturated carbocycles. The van der Waals surface area contributed by atoms with E-state index in [2.05, 4.69) is 4.72 Å². The monoisotopic (exact) mass is 375 g/mol. The Bertz CT molecular complexity index is 761. The fraction of sp³-hybridized carbons (Fsp3) is 0.250. The Morgan fingerprint density at radius 3 is 2.39 bits per heavy atom. The van der Waals surface area contributed by atoms with Gasteiger partial charge >= 0.3 is 0 Å². The van der Waals surface area contributed by atoms with E-state index < -0.39 is 21.6 Å². The number of hydrogen-bond acceptors (Lipinski definition) is 2. The molecule has 0 amide bonds. The van der Waals surface area contributed by atoms with Crippen molar-refractivity contribution < 1.29 is 12.8 Å². The molecular formula is C16H16Cl2FNO2S. The average molecular weight is 376 g/mol. The van der Waals surface area contributed by atoms with Gasteiger partial charge in [-0.25, -0.2) is 17.5 Å². The first kappa shape index (κ1) is 18.2. The van der Waals surface area contributed by atoms with E-state index in [1.165, 1.54) is 18.2 Å². The van der Waals surface area contributed by atoms with Gasteiger partial charge in [-0.15, -0.1) is 0 Å². The summed E-state index contributed by atoms with van der Waals surface area (Å²) in [5.74, 6) is -1.11. The number of nitrogens with one attached hydrogen (secondary N) is 1. The summed E-state index contributed by atoms with van der Waals surface area (Å²) in [6.07, 6.45) is 1.25. The molecule has 0 radical (unpaired) electrons. The largest absolute Gasteiger partial charge is 0.215 e. The van der Waals surface area contributed by atoms with Gasteiger partial charge in [0.2, 0.25) is 10.0 Å². The Balaban J connectivity index is 1.88. The van der Waals surface area contributed by atoms with Crippen molar-refractivity contribution in [1.29, 1.82) is 0 Å². The van der Waals surface area contributed by atoms with Crippen molar-refractivity contribution >= 4 is 33.2 Å². The van der Waals surface area contributed by atoms with Crippen LogP contribution in [0.4, 0.5) is 4.39 Å². The van der Waals surface area contributed by atoms with Crippen LogP contribution in [0.5, 0.6) is 0 Å². The predicted octanol–water partition coefficient (Wildman–Crippen LogP) is 4.18. The second-order valence-corrected chi connectivity index (χ2v) is 7.67. The first-order valence-corrected chi connectivity index (χ1v) is 9.43. The summed E-state index contributed by atoms with van der Waals surface area (Å²) < 4.78 is 40.1. The highest BCUT2D eigenvalue weighted by Crippen LogP contribution is 2.21. The highest BCUT2D eigenvalue weighted by molar-refractivity contribution is 7.88. The van der Waals surface area contributed by atoms with Crippen LogP contribution in [0.15, 0.2) is 42.5 Å². The maximum absolute atomic E-state index is 13.6. The molecule has 0 spiro atoms. The second kappa shape index (κ2) is 8.11. The minimum atomic E-state index is -3.65. The van der Waals surface area contributed by atoms with Crippen molar-refractivity contribution in [1.82, 2.24) is 4.72 Å². The first-order valence-electron chi connectivity index (χ1n) is 7.03. The van der Waals surface area contributed by atoms with Crippen molar-refractivity contribution in [2.45, 2.75) is 18.6 Å². The zero-order chi connectivity index (χ0) is 16.9. The van der Waals surface area contributed by atoms with Crippen molar-refractivity contribution in [3.8, 4) is 0 Å². The van der Waals surface area contributed by atoms with Crippen LogP contribution in [0.25, 0.3) is 0 Å². The smallest absolute Gasteiger partial charge is 0.215 e. The van der Waals surface area contributed by atoms with Gasteiger partial charge in [0.25, 0.3) is 0 Å². The van der Waals surface area contributed by atoms with Crippen LogP contribution < -0.4 is 4.72 Å². The minimum Gasteiger partial charge on any atom is -0.215 e. The van der Waals surface area contributed by atoms with E-state index in [1.54, 1.807) is 6.07 Å². The molecule has 23 heavy (non-hydrogen) atoms. The van der Waals surface area contributed by atoms with E-state index in [0.717, 1.165) is 5.56 Å². The Hall–Kier alpha value is -1.14. The summed E-state index contributed by atoms with van der Waals surface area (Å²) >= 11 is 11.9. The third-order valence-electron chi connectivity index (χ3n) is 3.30. The molecule has 124 valence electrons. The molecule has 0 saturated heterocycles. The number of aryl methyl sites for hydroxylation is 1. The van der Waals surface area contributed by atoms with Gasteiger partial charge in [0.1, 0.15) is 5.82 Å². The molecule has 0 bridgehead atoms. The molecular weight excluding hydrogens is 360 g/mol. The molecule has 0 aromatic heterocycles. The molecule has 0 aliphatic rings. The van der Waals surface area contributed by atoms with Crippen LogP contribution in [0, 0.1) is 5.82 Å². The summed E-state index contributed by atoms with van der Waals surface area (Å²) in [7, 11) is -3.65. The number of halogens is 3. The van der Waals surface area contributed by atoms with Gasteiger partial charge in [-0.3, -0.25) is 0 Å². The standard InChI is InChI=1S/C16H16Cl2FNO2S/c17-14-7-2-1-5-12(14)6-4-10-20-23(21,22)11-13-15(18)8-3-9-16(13)19/h1-3,5,7-9,20H,4,6,10-11H2. The van der Waals surface area contributed by atoms with Crippen LogP contribution in [0.1, 0.15) is 17.5 Å². The molecule has 7 heteroatoms. The van der Waals surface area contributed by atoms with Crippen molar-refractivity contribution in [3.63, 3.8) is 0 Å². The SMILES string of the molecule is O=S(=O)(Cc1c(F)cccc1Cl)NCCCc1ccccc1Cl. The lowest BCUT2D eigenvalue weighted by atomic mass is 10.1. The Labute approximate surface area is 145 Å². The summed E-state index contributed by atoms with van der Waals surface area (Å²) in [4.78, 5) is 0. The van der Waals surface area contributed by atoms with Crippen molar-refractivity contribution in [2.75, 3.05) is 6.54 Å². The zero-order valence-electron chi connectivity index (χ0n) is 12.2. The van der Waals surface area contributed by atoms with Gasteiger partial charge in [-0.05, 0) is 36.6 Å². The second-order valence-electron chi connectivity index (χ2n) is 5.05. The molecule has 0 atom stereocenters. The molecule has 2 rings (SSSR count). The van der Waals surface area contributed by atoms with E-state index in [9.17, 15) is 12.8 Å². The number of sulfonamides is 1. The molecule has 0 fully saturated rings. The normalized spacial score (nSPS) is 11.6. The van der Waals surface area contributed by atoms with Crippen LogP contribution >= 0.6 is 23.2 Å². The lowest BCUT2D eigenvalue weighted by molar-refractivity contribution is 0.572. The van der Waals surface area contributed by atoms with Crippen LogP contribution in [0.3, 0.4) is 0 Å². The molecule has 1 N–H and O–H groups in total. The quantitative estimate of drug-likeness (QED) is 0.737. The first-order chi connectivity index (χ1) is 10.9. The summed E-state index contributed by atoms with van der Waals surface area (Å²) in [6.45, 7) is 0.250. The van der Waals surface area contributed by atoms with Crippen LogP contribution in [0.2, 0.25) is 10.0 Å². The Kier molecular flexibility index (Phi) is 6.41. The van der Waals surface area contributed by atoms with E-state index in [4.69, 9.17) is 23.2 Å². The van der Waals surface area contributed by atoms with Crippen LogP contribution in [-0.2, 0) is 22.2 Å². The highest BCUT2D eigenvalue weighted by atomic mass is 35.5. The molecule has 0 aliphatic heterocycles. The van der Waals surface area contributed by atoms with Gasteiger partial charge in [0.05, 0.1) is 5.75 Å². The third kappa shape index (κ3) is 5.46. The topological polar surface area (TPSA) is 46.2 Å². The van der Waals surface area contributed by atoms with E-state index in [0.29, 0.717) is 17.9 Å². The summed E-state index contributed by atoms with van der Waals surface area (Å²) in [6, 6.07) is 11.5. The van der Waals surface area contributed by atoms with Crippen molar-refractivity contribution in [2.24, 2.45) is 0 Å². The molecule has 2 aromatic carbocycles. The highest BCUT2D eigenvalue weighted by Gasteiger charge is 2.16. The van der Waals surface area contributed by atoms with Gasteiger partial charge < -0.3 is 0 Å². The van der Waals surface area contributed by atoms with Gasteiger partial charge in [-0.1, -0.05) is 47.5 Å². The average Bonchev–Trinajstić information content (AvgIpc) is 2.49. The lowest BCUT2D eigenvalue weighted by Crippen LogP contribution is -2.27. The van der Waals surface area contributed by atoms with Gasteiger partial charge in [0, 0.05) is 22.2 Å². The van der Waals surface area contributed by atoms with Crippen LogP contribution in [-0.4, -0.2) is 15.0 Å². The molecule has 0 aliphatic carbocycles. The summed E-state index contributed by atoms with van der Waals surface area (Å²) in [5.41, 5.74) is 0.943. The van der Waals surface area contributed by atoms with E-state index in [-0.39, 0.29) is 17.1 Å². The minimum absolute atomic E-state index is 0.0206. The Morgan fingerprint density at radius 2 is 1.70 bits per heavy atom. The van der Waals surface area contributed by atoms with Gasteiger partial charge in [-0.2, -0.15) is 0 Å². The molecule has 0 heterocycles. The van der Waals surface area contributed by atoms with Crippen molar-refractivity contribution in [3.05, 3.63) is 69.5 Å². The molecule has 2 aromatic rings. The predicted molar refractivity (Wildman–Crippen MR) is 91.8 cm³/mol. The lowest BCUT2D eigenvalue weighted by Gasteiger charge is -2.09. The Morgan fingerprint density at radius 1 is 1.00 bits per heavy atom. The van der Waals surface area contributed by atoms with E-state index in [1.807, 2.05) is 18.2 Å². The number of rotatable bonds is 7. The fourth-order valence-corrected chi connectivity index (χ4v) is 3.89. The fourth-order valence-electron chi connectivity index (χ4n) is 2.12. The zero-order valence-corrected chi connectivity index (χ0v) is 14.6. The maximum Gasteiger partial charge on any atom is 0.215 e. The number of benzene rings is 2. The molecule has 0 unspecified atom stereocenters. The maximum atomic E-state index is 13.6. The van der Waals surface area contributed by atoms with Gasteiger partial charge in [0.15, 0.2) is 0 Å². The number of hydrogen-bond donors (Lipinski definition) is 1. The third-order valence-corrected chi connectivity index (χ3v) is 5.33. The van der Waals surface area contributed by atoms with E-state index >= 15 is 0 Å². The summed E-state index contributed by atoms with van der Waals surface area (Å²) in [5, 5.41) is 0.764. The molecule has 3 nitrogen and oxygen atoms in total.